The van der Waals surface area contributed by atoms with Crippen molar-refractivity contribution in [3.05, 3.63) is 0 Å². The maximum atomic E-state index is 5.32. The monoisotopic (exact) mass is 374 g/mol. The second-order valence-corrected chi connectivity index (χ2v) is 7.97. The lowest BCUT2D eigenvalue weighted by atomic mass is 10.1. The minimum atomic E-state index is 0.210. The molecule has 2 atom stereocenters. The van der Waals surface area contributed by atoms with Gasteiger partial charge in [0.2, 0.25) is 0 Å². The molecule has 0 heterocycles. The van der Waals surface area contributed by atoms with E-state index in [1.54, 1.807) is 0 Å². The lowest BCUT2D eigenvalue weighted by molar-refractivity contribution is 1.04. The fourth-order valence-corrected chi connectivity index (χ4v) is 3.53. The van der Waals surface area contributed by atoms with Crippen LogP contribution in [0.2, 0.25) is 0 Å². The van der Waals surface area contributed by atoms with Crippen LogP contribution in [-0.4, -0.2) is 36.6 Å². The average molecular weight is 375 g/mol. The number of hydrogen-bond acceptors (Lipinski definition) is 7. The Bertz CT molecular complexity index is 272. The zero-order chi connectivity index (χ0) is 14.1. The van der Waals surface area contributed by atoms with Gasteiger partial charge in [0.15, 0.2) is 0 Å². The van der Waals surface area contributed by atoms with Gasteiger partial charge >= 0.3 is 0 Å². The summed E-state index contributed by atoms with van der Waals surface area (Å²) in [6.45, 7) is 0. The van der Waals surface area contributed by atoms with Crippen LogP contribution in [0.4, 0.5) is 0 Å². The van der Waals surface area contributed by atoms with Gasteiger partial charge in [0.25, 0.3) is 0 Å². The molecule has 7 heteroatoms. The predicted octanol–water partition coefficient (Wildman–Crippen LogP) is 4.11. The van der Waals surface area contributed by atoms with Crippen LogP contribution in [0.3, 0.4) is 0 Å². The van der Waals surface area contributed by atoms with E-state index < -0.39 is 0 Å². The first-order valence-corrected chi connectivity index (χ1v) is 9.04. The standard InChI is InChI=1S/C11H18S7/c12-5-10(17)3-8(15)1-7(14)2-9(16)4-11(18)6-13/h10-13,17-18H,1-6H2. The Labute approximate surface area is 148 Å². The quantitative estimate of drug-likeness (QED) is 0.336. The van der Waals surface area contributed by atoms with E-state index in [-0.39, 0.29) is 10.5 Å². The summed E-state index contributed by atoms with van der Waals surface area (Å²) in [5.41, 5.74) is 0. The molecule has 0 rings (SSSR count). The first-order valence-electron chi connectivity index (χ1n) is 5.52. The molecule has 0 aliphatic heterocycles. The lowest BCUT2D eigenvalue weighted by Crippen LogP contribution is -2.15. The highest BCUT2D eigenvalue weighted by Gasteiger charge is 2.11. The Hall–Kier alpha value is 1.67. The smallest absolute Gasteiger partial charge is 0.0150 e. The number of rotatable bonds is 10. The van der Waals surface area contributed by atoms with Crippen LogP contribution in [0.25, 0.3) is 0 Å². The summed E-state index contributed by atoms with van der Waals surface area (Å²) in [6, 6.07) is 0. The number of thiocarbonyl (C=S) groups is 3. The SMILES string of the molecule is S=C(CC(=S)CC(S)CS)CC(=S)CC(S)CS. The number of thiol groups is 4. The van der Waals surface area contributed by atoms with Gasteiger partial charge in [-0.1, -0.05) is 36.7 Å². The molecule has 0 nitrogen and oxygen atoms in total. The molecule has 0 N–H and O–H groups in total. The minimum absolute atomic E-state index is 0.210. The van der Waals surface area contributed by atoms with Crippen molar-refractivity contribution in [2.75, 3.05) is 11.5 Å². The first kappa shape index (κ1) is 19.7. The Morgan fingerprint density at radius 1 is 0.722 bits per heavy atom. The third kappa shape index (κ3) is 10.5. The van der Waals surface area contributed by atoms with Crippen LogP contribution in [0, 0.1) is 0 Å². The van der Waals surface area contributed by atoms with Gasteiger partial charge < -0.3 is 0 Å². The highest BCUT2D eigenvalue weighted by Crippen LogP contribution is 2.12. The Morgan fingerprint density at radius 3 is 1.33 bits per heavy atom. The molecule has 2 unspecified atom stereocenters. The maximum Gasteiger partial charge on any atom is 0.0150 e. The van der Waals surface area contributed by atoms with Gasteiger partial charge in [-0.3, -0.25) is 0 Å². The van der Waals surface area contributed by atoms with Crippen LogP contribution in [0.5, 0.6) is 0 Å². The summed E-state index contributed by atoms with van der Waals surface area (Å²) in [6.07, 6.45) is 2.91. The molecule has 0 spiro atoms. The van der Waals surface area contributed by atoms with Crippen LogP contribution in [0.1, 0.15) is 25.7 Å². The van der Waals surface area contributed by atoms with Gasteiger partial charge in [0, 0.05) is 39.7 Å². The summed E-state index contributed by atoms with van der Waals surface area (Å²) in [4.78, 5) is 2.78. The molecule has 0 aromatic rings. The highest BCUT2D eigenvalue weighted by molar-refractivity contribution is 7.85. The highest BCUT2D eigenvalue weighted by atomic mass is 32.1. The molecule has 0 aromatic heterocycles. The van der Waals surface area contributed by atoms with Crippen molar-refractivity contribution in [1.82, 2.24) is 0 Å². The maximum absolute atomic E-state index is 5.32. The summed E-state index contributed by atoms with van der Waals surface area (Å²) in [5.74, 6) is 1.44. The third-order valence-corrected chi connectivity index (χ3v) is 5.24. The zero-order valence-electron chi connectivity index (χ0n) is 9.91. The van der Waals surface area contributed by atoms with Crippen LogP contribution >= 0.6 is 87.2 Å². The summed E-state index contributed by atoms with van der Waals surface area (Å²) < 4.78 is 0. The van der Waals surface area contributed by atoms with E-state index >= 15 is 0 Å². The van der Waals surface area contributed by atoms with E-state index in [1.807, 2.05) is 0 Å². The zero-order valence-corrected chi connectivity index (χ0v) is 15.9. The van der Waals surface area contributed by atoms with E-state index in [2.05, 4.69) is 50.5 Å². The summed E-state index contributed by atoms with van der Waals surface area (Å²) >= 11 is 33.0. The lowest BCUT2D eigenvalue weighted by Gasteiger charge is -2.11. The molecule has 0 saturated heterocycles. The van der Waals surface area contributed by atoms with Crippen LogP contribution in [0.15, 0.2) is 0 Å². The van der Waals surface area contributed by atoms with Crippen molar-refractivity contribution in [3.63, 3.8) is 0 Å². The Balaban J connectivity index is 3.96. The largest absolute Gasteiger partial charge is 0.178 e. The van der Waals surface area contributed by atoms with Crippen molar-refractivity contribution in [2.45, 2.75) is 36.2 Å². The molecule has 0 aliphatic rings. The topological polar surface area (TPSA) is 0 Å². The predicted molar refractivity (Wildman–Crippen MR) is 110 cm³/mol. The molecule has 0 aliphatic carbocycles. The second-order valence-electron chi connectivity index (χ2n) is 4.05. The van der Waals surface area contributed by atoms with E-state index in [9.17, 15) is 0 Å². The normalized spacial score (nSPS) is 14.0. The van der Waals surface area contributed by atoms with Gasteiger partial charge in [-0.05, 0) is 22.6 Å². The Kier molecular flexibility index (Phi) is 12.4. The molecule has 0 fully saturated rings. The van der Waals surface area contributed by atoms with Crippen LogP contribution < -0.4 is 0 Å². The van der Waals surface area contributed by atoms with E-state index in [4.69, 9.17) is 36.7 Å². The molecule has 0 amide bonds. The summed E-state index contributed by atoms with van der Waals surface area (Å²) in [5, 5.41) is 0.420. The minimum Gasteiger partial charge on any atom is -0.178 e. The van der Waals surface area contributed by atoms with E-state index in [0.29, 0.717) is 12.8 Å². The van der Waals surface area contributed by atoms with Gasteiger partial charge in [-0.2, -0.15) is 50.5 Å². The summed E-state index contributed by atoms with van der Waals surface area (Å²) in [7, 11) is 0. The van der Waals surface area contributed by atoms with Crippen LogP contribution in [-0.2, 0) is 0 Å². The third-order valence-electron chi connectivity index (χ3n) is 2.14. The first-order chi connectivity index (χ1) is 8.38. The van der Waals surface area contributed by atoms with Gasteiger partial charge in [0.1, 0.15) is 0 Å². The number of hydrogen-bond donors (Lipinski definition) is 4. The van der Waals surface area contributed by atoms with E-state index in [1.165, 1.54) is 0 Å². The average Bonchev–Trinajstić information content (AvgIpc) is 2.27. The Morgan fingerprint density at radius 2 is 1.06 bits per heavy atom. The van der Waals surface area contributed by atoms with Crippen molar-refractivity contribution in [2.24, 2.45) is 0 Å². The fraction of sp³-hybridized carbons (Fsp3) is 0.727. The molecule has 104 valence electrons. The van der Waals surface area contributed by atoms with Gasteiger partial charge in [0.05, 0.1) is 0 Å². The molecule has 0 bridgehead atoms. The van der Waals surface area contributed by atoms with Crippen molar-refractivity contribution >= 4 is 102 Å². The van der Waals surface area contributed by atoms with Crippen molar-refractivity contribution in [3.8, 4) is 0 Å². The fourth-order valence-electron chi connectivity index (χ4n) is 1.30. The molecule has 0 radical (unpaired) electrons. The molecular formula is C11H18S7. The van der Waals surface area contributed by atoms with Gasteiger partial charge in [-0.25, -0.2) is 0 Å². The van der Waals surface area contributed by atoms with Gasteiger partial charge in [-0.15, -0.1) is 0 Å². The van der Waals surface area contributed by atoms with Crippen molar-refractivity contribution < 1.29 is 0 Å². The molecular weight excluding hydrogens is 357 g/mol. The van der Waals surface area contributed by atoms with Crippen molar-refractivity contribution in [1.29, 1.82) is 0 Å². The molecule has 0 aromatic carbocycles. The molecule has 18 heavy (non-hydrogen) atoms. The van der Waals surface area contributed by atoms with E-state index in [0.717, 1.165) is 38.9 Å². The second kappa shape index (κ2) is 11.3. The molecule has 0 saturated carbocycles.